The van der Waals surface area contributed by atoms with Crippen molar-refractivity contribution in [1.82, 2.24) is 5.32 Å². The van der Waals surface area contributed by atoms with Crippen LogP contribution in [0.25, 0.3) is 0 Å². The molecule has 0 saturated heterocycles. The van der Waals surface area contributed by atoms with Crippen LogP contribution >= 0.6 is 0 Å². The maximum atomic E-state index is 11.3. The van der Waals surface area contributed by atoms with Crippen LogP contribution in [-0.2, 0) is 4.79 Å². The highest BCUT2D eigenvalue weighted by Crippen LogP contribution is 2.44. The summed E-state index contributed by atoms with van der Waals surface area (Å²) in [5.41, 5.74) is -0.658. The number of nitrogens with one attached hydrogen (secondary N) is 1. The second-order valence-corrected chi connectivity index (χ2v) is 3.80. The van der Waals surface area contributed by atoms with Crippen LogP contribution in [0.3, 0.4) is 0 Å². The van der Waals surface area contributed by atoms with Gasteiger partial charge in [0, 0.05) is 6.54 Å². The van der Waals surface area contributed by atoms with Gasteiger partial charge in [0.1, 0.15) is 5.41 Å². The van der Waals surface area contributed by atoms with Crippen molar-refractivity contribution in [3.05, 3.63) is 0 Å². The standard InChI is InChI=1S/C9H14N2O/c1-7(2)5-11-8(12)9(6-10)3-4-9/h7H,3-5H2,1-2H3,(H,11,12). The van der Waals surface area contributed by atoms with E-state index in [1.165, 1.54) is 0 Å². The van der Waals surface area contributed by atoms with Crippen LogP contribution < -0.4 is 5.32 Å². The van der Waals surface area contributed by atoms with Crippen molar-refractivity contribution in [2.45, 2.75) is 26.7 Å². The lowest BCUT2D eigenvalue weighted by Gasteiger charge is -2.09. The third kappa shape index (κ3) is 1.76. The summed E-state index contributed by atoms with van der Waals surface area (Å²) in [6.45, 7) is 4.74. The number of amides is 1. The second-order valence-electron chi connectivity index (χ2n) is 3.80. The molecule has 12 heavy (non-hydrogen) atoms. The Kier molecular flexibility index (Phi) is 2.37. The third-order valence-electron chi connectivity index (χ3n) is 2.07. The predicted molar refractivity (Wildman–Crippen MR) is 45.1 cm³/mol. The Morgan fingerprint density at radius 1 is 1.67 bits per heavy atom. The first-order chi connectivity index (χ1) is 5.60. The van der Waals surface area contributed by atoms with E-state index in [0.717, 1.165) is 12.8 Å². The van der Waals surface area contributed by atoms with Crippen molar-refractivity contribution in [3.63, 3.8) is 0 Å². The van der Waals surface area contributed by atoms with E-state index in [1.807, 2.05) is 13.8 Å². The fraction of sp³-hybridized carbons (Fsp3) is 0.778. The third-order valence-corrected chi connectivity index (χ3v) is 2.07. The maximum absolute atomic E-state index is 11.3. The van der Waals surface area contributed by atoms with Crippen molar-refractivity contribution in [2.75, 3.05) is 6.54 Å². The molecule has 3 heteroatoms. The molecule has 0 aromatic heterocycles. The fourth-order valence-corrected chi connectivity index (χ4v) is 0.981. The lowest BCUT2D eigenvalue weighted by molar-refractivity contribution is -0.124. The van der Waals surface area contributed by atoms with Crippen LogP contribution in [-0.4, -0.2) is 12.5 Å². The van der Waals surface area contributed by atoms with Crippen molar-refractivity contribution in [3.8, 4) is 6.07 Å². The number of nitriles is 1. The molecule has 0 heterocycles. The normalized spacial score (nSPS) is 18.5. The molecule has 0 aromatic rings. The summed E-state index contributed by atoms with van der Waals surface area (Å²) in [6, 6.07) is 2.06. The molecule has 1 N–H and O–H groups in total. The number of hydrogen-bond donors (Lipinski definition) is 1. The van der Waals surface area contributed by atoms with Crippen molar-refractivity contribution >= 4 is 5.91 Å². The molecule has 0 aliphatic heterocycles. The van der Waals surface area contributed by atoms with E-state index >= 15 is 0 Å². The summed E-state index contributed by atoms with van der Waals surface area (Å²) in [7, 11) is 0. The summed E-state index contributed by atoms with van der Waals surface area (Å²) < 4.78 is 0. The first kappa shape index (κ1) is 9.05. The molecular weight excluding hydrogens is 152 g/mol. The Balaban J connectivity index is 2.35. The molecule has 1 aliphatic rings. The number of rotatable bonds is 3. The van der Waals surface area contributed by atoms with Gasteiger partial charge in [-0.1, -0.05) is 13.8 Å². The van der Waals surface area contributed by atoms with Gasteiger partial charge in [-0.25, -0.2) is 0 Å². The quantitative estimate of drug-likeness (QED) is 0.681. The Hall–Kier alpha value is -1.04. The largest absolute Gasteiger partial charge is 0.354 e. The molecule has 3 nitrogen and oxygen atoms in total. The molecule has 1 amide bonds. The van der Waals surface area contributed by atoms with Crippen molar-refractivity contribution < 1.29 is 4.79 Å². The Labute approximate surface area is 72.8 Å². The zero-order valence-corrected chi connectivity index (χ0v) is 7.55. The molecule has 0 aromatic carbocycles. The number of carbonyl (C=O) groups excluding carboxylic acids is 1. The molecule has 0 unspecified atom stereocenters. The van der Waals surface area contributed by atoms with Gasteiger partial charge in [-0.3, -0.25) is 4.79 Å². The van der Waals surface area contributed by atoms with E-state index in [-0.39, 0.29) is 5.91 Å². The van der Waals surface area contributed by atoms with E-state index in [2.05, 4.69) is 11.4 Å². The highest BCUT2D eigenvalue weighted by atomic mass is 16.2. The Morgan fingerprint density at radius 2 is 2.25 bits per heavy atom. The lowest BCUT2D eigenvalue weighted by Crippen LogP contribution is -2.33. The summed E-state index contributed by atoms with van der Waals surface area (Å²) in [4.78, 5) is 11.3. The maximum Gasteiger partial charge on any atom is 0.240 e. The average Bonchev–Trinajstić information content (AvgIpc) is 2.80. The zero-order valence-electron chi connectivity index (χ0n) is 7.55. The zero-order chi connectivity index (χ0) is 9.19. The van der Waals surface area contributed by atoms with E-state index in [0.29, 0.717) is 12.5 Å². The summed E-state index contributed by atoms with van der Waals surface area (Å²) in [5, 5.41) is 11.5. The number of hydrogen-bond acceptors (Lipinski definition) is 2. The minimum absolute atomic E-state index is 0.0845. The minimum atomic E-state index is -0.658. The van der Waals surface area contributed by atoms with Crippen LogP contribution in [0.4, 0.5) is 0 Å². The molecular formula is C9H14N2O. The molecule has 1 saturated carbocycles. The smallest absolute Gasteiger partial charge is 0.240 e. The fourth-order valence-electron chi connectivity index (χ4n) is 0.981. The molecule has 1 aliphatic carbocycles. The van der Waals surface area contributed by atoms with Gasteiger partial charge in [0.25, 0.3) is 0 Å². The number of nitrogens with zero attached hydrogens (tertiary/aromatic N) is 1. The second kappa shape index (κ2) is 3.14. The highest BCUT2D eigenvalue weighted by Gasteiger charge is 2.50. The first-order valence-electron chi connectivity index (χ1n) is 4.30. The summed E-state index contributed by atoms with van der Waals surface area (Å²) in [5.74, 6) is 0.363. The molecule has 0 bridgehead atoms. The highest BCUT2D eigenvalue weighted by molar-refractivity contribution is 5.88. The summed E-state index contributed by atoms with van der Waals surface area (Å²) >= 11 is 0. The van der Waals surface area contributed by atoms with Crippen LogP contribution in [0.1, 0.15) is 26.7 Å². The average molecular weight is 166 g/mol. The van der Waals surface area contributed by atoms with Gasteiger partial charge in [0.2, 0.25) is 5.91 Å². The van der Waals surface area contributed by atoms with E-state index in [4.69, 9.17) is 5.26 Å². The van der Waals surface area contributed by atoms with Crippen LogP contribution in [0, 0.1) is 22.7 Å². The van der Waals surface area contributed by atoms with Gasteiger partial charge in [-0.2, -0.15) is 5.26 Å². The van der Waals surface area contributed by atoms with Gasteiger partial charge in [0.15, 0.2) is 0 Å². The van der Waals surface area contributed by atoms with E-state index in [1.54, 1.807) is 0 Å². The molecule has 1 fully saturated rings. The predicted octanol–water partition coefficient (Wildman–Crippen LogP) is 1.06. The Morgan fingerprint density at radius 3 is 2.58 bits per heavy atom. The Bertz CT molecular complexity index is 223. The topological polar surface area (TPSA) is 52.9 Å². The van der Waals surface area contributed by atoms with Gasteiger partial charge in [-0.05, 0) is 18.8 Å². The minimum Gasteiger partial charge on any atom is -0.354 e. The number of carbonyl (C=O) groups is 1. The summed E-state index contributed by atoms with van der Waals surface area (Å²) in [6.07, 6.45) is 1.46. The molecule has 1 rings (SSSR count). The molecule has 0 atom stereocenters. The van der Waals surface area contributed by atoms with E-state index in [9.17, 15) is 4.79 Å². The molecule has 66 valence electrons. The van der Waals surface area contributed by atoms with Gasteiger partial charge in [-0.15, -0.1) is 0 Å². The van der Waals surface area contributed by atoms with Gasteiger partial charge >= 0.3 is 0 Å². The van der Waals surface area contributed by atoms with Gasteiger partial charge < -0.3 is 5.32 Å². The monoisotopic (exact) mass is 166 g/mol. The first-order valence-corrected chi connectivity index (χ1v) is 4.30. The SMILES string of the molecule is CC(C)CNC(=O)C1(C#N)CC1. The molecule has 0 spiro atoms. The van der Waals surface area contributed by atoms with E-state index < -0.39 is 5.41 Å². The van der Waals surface area contributed by atoms with Crippen LogP contribution in [0.15, 0.2) is 0 Å². The van der Waals surface area contributed by atoms with Crippen molar-refractivity contribution in [2.24, 2.45) is 11.3 Å². The molecule has 0 radical (unpaired) electrons. The van der Waals surface area contributed by atoms with Gasteiger partial charge in [0.05, 0.1) is 6.07 Å². The van der Waals surface area contributed by atoms with Crippen molar-refractivity contribution in [1.29, 1.82) is 5.26 Å². The lowest BCUT2D eigenvalue weighted by atomic mass is 10.1. The van der Waals surface area contributed by atoms with Crippen LogP contribution in [0.5, 0.6) is 0 Å². The van der Waals surface area contributed by atoms with Crippen LogP contribution in [0.2, 0.25) is 0 Å².